The lowest BCUT2D eigenvalue weighted by atomic mass is 10.0. The molecule has 192 valence electrons. The number of benzene rings is 2. The Morgan fingerprint density at radius 1 is 1.08 bits per heavy atom. The molecule has 0 spiro atoms. The SMILES string of the molecule is Cc1[nH]c(/C=C2\C(=O)Nc3ccc(SCc4c(Cl)cccc4Cl)cc32)c(C)c1CCC(=O)N1CCCC1. The number of fused-ring (bicyclic) bond motifs is 1. The van der Waals surface area contributed by atoms with Gasteiger partial charge in [-0.1, -0.05) is 29.3 Å². The van der Waals surface area contributed by atoms with Crippen molar-refractivity contribution < 1.29 is 9.59 Å². The molecule has 2 aromatic carbocycles. The van der Waals surface area contributed by atoms with Crippen LogP contribution in [0.25, 0.3) is 11.6 Å². The molecule has 0 aliphatic carbocycles. The van der Waals surface area contributed by atoms with Crippen LogP contribution in [0.5, 0.6) is 0 Å². The second-order valence-electron chi connectivity index (χ2n) is 9.56. The molecule has 0 saturated carbocycles. The van der Waals surface area contributed by atoms with Crippen LogP contribution in [0.1, 0.15) is 52.9 Å². The topological polar surface area (TPSA) is 65.2 Å². The molecule has 5 nitrogen and oxygen atoms in total. The molecule has 0 unspecified atom stereocenters. The van der Waals surface area contributed by atoms with Crippen LogP contribution in [0, 0.1) is 13.8 Å². The number of hydrogen-bond donors (Lipinski definition) is 2. The van der Waals surface area contributed by atoms with E-state index in [1.165, 1.54) is 0 Å². The van der Waals surface area contributed by atoms with Crippen LogP contribution in [-0.2, 0) is 21.8 Å². The second kappa shape index (κ2) is 11.0. The molecule has 2 aliphatic rings. The van der Waals surface area contributed by atoms with Crippen molar-refractivity contribution in [2.24, 2.45) is 0 Å². The van der Waals surface area contributed by atoms with Crippen molar-refractivity contribution in [1.82, 2.24) is 9.88 Å². The number of carbonyl (C=O) groups excluding carboxylic acids is 2. The number of aromatic amines is 1. The summed E-state index contributed by atoms with van der Waals surface area (Å²) in [4.78, 5) is 31.9. The molecule has 1 fully saturated rings. The summed E-state index contributed by atoms with van der Waals surface area (Å²) >= 11 is 14.3. The third kappa shape index (κ3) is 5.47. The minimum Gasteiger partial charge on any atom is -0.359 e. The van der Waals surface area contributed by atoms with E-state index in [0.29, 0.717) is 34.2 Å². The normalized spacial score (nSPS) is 15.9. The molecule has 0 atom stereocenters. The van der Waals surface area contributed by atoms with Crippen LogP contribution in [0.3, 0.4) is 0 Å². The Bertz CT molecular complexity index is 1390. The van der Waals surface area contributed by atoms with E-state index in [2.05, 4.69) is 17.2 Å². The number of aryl methyl sites for hydroxylation is 1. The van der Waals surface area contributed by atoms with Gasteiger partial charge in [-0.2, -0.15) is 0 Å². The summed E-state index contributed by atoms with van der Waals surface area (Å²) in [7, 11) is 0. The Morgan fingerprint density at radius 2 is 1.81 bits per heavy atom. The first kappa shape index (κ1) is 26.0. The Kier molecular flexibility index (Phi) is 7.70. The van der Waals surface area contributed by atoms with Crippen molar-refractivity contribution in [2.75, 3.05) is 18.4 Å². The number of thioether (sulfide) groups is 1. The van der Waals surface area contributed by atoms with Gasteiger partial charge in [0, 0.05) is 62.8 Å². The number of carbonyl (C=O) groups is 2. The number of anilines is 1. The average molecular weight is 555 g/mol. The van der Waals surface area contributed by atoms with E-state index in [4.69, 9.17) is 23.2 Å². The molecule has 8 heteroatoms. The van der Waals surface area contributed by atoms with Crippen molar-refractivity contribution in [3.8, 4) is 0 Å². The quantitative estimate of drug-likeness (QED) is 0.238. The smallest absolute Gasteiger partial charge is 0.256 e. The molecule has 3 aromatic rings. The number of aromatic nitrogens is 1. The predicted molar refractivity (Wildman–Crippen MR) is 153 cm³/mol. The fourth-order valence-corrected chi connectivity index (χ4v) is 6.74. The molecular weight excluding hydrogens is 525 g/mol. The zero-order chi connectivity index (χ0) is 26.1. The van der Waals surface area contributed by atoms with Crippen molar-refractivity contribution in [3.05, 3.63) is 80.1 Å². The molecule has 0 bridgehead atoms. The first-order valence-corrected chi connectivity index (χ1v) is 14.2. The Balaban J connectivity index is 1.35. The minimum absolute atomic E-state index is 0.122. The lowest BCUT2D eigenvalue weighted by molar-refractivity contribution is -0.130. The van der Waals surface area contributed by atoms with E-state index < -0.39 is 0 Å². The first-order valence-electron chi connectivity index (χ1n) is 12.5. The highest BCUT2D eigenvalue weighted by Gasteiger charge is 2.26. The van der Waals surface area contributed by atoms with Gasteiger partial charge >= 0.3 is 0 Å². The van der Waals surface area contributed by atoms with Gasteiger partial charge in [-0.3, -0.25) is 9.59 Å². The van der Waals surface area contributed by atoms with E-state index in [0.717, 1.165) is 70.2 Å². The predicted octanol–water partition coefficient (Wildman–Crippen LogP) is 7.28. The van der Waals surface area contributed by atoms with Gasteiger partial charge in [0.1, 0.15) is 0 Å². The maximum Gasteiger partial charge on any atom is 0.256 e. The van der Waals surface area contributed by atoms with Gasteiger partial charge in [0.25, 0.3) is 5.91 Å². The number of hydrogen-bond acceptors (Lipinski definition) is 3. The molecular formula is C29H29Cl2N3O2S. The first-order chi connectivity index (χ1) is 17.8. The van der Waals surface area contributed by atoms with E-state index in [9.17, 15) is 9.59 Å². The summed E-state index contributed by atoms with van der Waals surface area (Å²) in [5.41, 5.74) is 7.37. The summed E-state index contributed by atoms with van der Waals surface area (Å²) < 4.78 is 0. The van der Waals surface area contributed by atoms with Crippen LogP contribution < -0.4 is 5.32 Å². The van der Waals surface area contributed by atoms with Gasteiger partial charge in [0.05, 0.1) is 5.57 Å². The third-order valence-corrected chi connectivity index (χ3v) is 8.92. The van der Waals surface area contributed by atoms with Crippen LogP contribution >= 0.6 is 35.0 Å². The van der Waals surface area contributed by atoms with Gasteiger partial charge in [0.2, 0.25) is 5.91 Å². The largest absolute Gasteiger partial charge is 0.359 e. The van der Waals surface area contributed by atoms with Crippen molar-refractivity contribution in [1.29, 1.82) is 0 Å². The number of likely N-dealkylation sites (tertiary alicyclic amines) is 1. The maximum absolute atomic E-state index is 12.9. The van der Waals surface area contributed by atoms with Crippen molar-refractivity contribution >= 4 is 64.1 Å². The van der Waals surface area contributed by atoms with Crippen LogP contribution in [0.4, 0.5) is 5.69 Å². The standard InChI is InChI=1S/C29H29Cl2N3O2S/c1-17-20(9-11-28(35)34-12-3-4-13-34)18(2)32-27(17)15-22-21-14-19(8-10-26(21)33-29(22)36)37-16-23-24(30)6-5-7-25(23)31/h5-8,10,14-15,32H,3-4,9,11-13,16H2,1-2H3,(H,33,36)/b22-15-. The fraction of sp³-hybridized carbons (Fsp3) is 0.310. The molecule has 2 aliphatic heterocycles. The van der Waals surface area contributed by atoms with E-state index in [1.54, 1.807) is 11.8 Å². The lowest BCUT2D eigenvalue weighted by Crippen LogP contribution is -2.27. The summed E-state index contributed by atoms with van der Waals surface area (Å²) in [5.74, 6) is 0.736. The summed E-state index contributed by atoms with van der Waals surface area (Å²) in [6.45, 7) is 5.84. The fourth-order valence-electron chi connectivity index (χ4n) is 5.06. The van der Waals surface area contributed by atoms with E-state index >= 15 is 0 Å². The Labute approximate surface area is 231 Å². The number of rotatable bonds is 7. The highest BCUT2D eigenvalue weighted by molar-refractivity contribution is 7.98. The molecule has 2 N–H and O–H groups in total. The number of amides is 2. The van der Waals surface area contributed by atoms with Crippen molar-refractivity contribution in [2.45, 2.75) is 50.2 Å². The summed E-state index contributed by atoms with van der Waals surface area (Å²) in [5, 5.41) is 4.27. The zero-order valence-electron chi connectivity index (χ0n) is 20.9. The zero-order valence-corrected chi connectivity index (χ0v) is 23.2. The van der Waals surface area contributed by atoms with Gasteiger partial charge in [-0.05, 0) is 86.2 Å². The van der Waals surface area contributed by atoms with Crippen LogP contribution in [0.15, 0.2) is 41.3 Å². The average Bonchev–Trinajstić information content (AvgIpc) is 3.57. The second-order valence-corrected chi connectivity index (χ2v) is 11.4. The van der Waals surface area contributed by atoms with E-state index in [1.807, 2.05) is 54.3 Å². The third-order valence-electron chi connectivity index (χ3n) is 7.19. The van der Waals surface area contributed by atoms with Crippen LogP contribution in [-0.4, -0.2) is 34.8 Å². The molecule has 0 radical (unpaired) electrons. The van der Waals surface area contributed by atoms with Gasteiger partial charge < -0.3 is 15.2 Å². The van der Waals surface area contributed by atoms with Gasteiger partial charge in [-0.25, -0.2) is 0 Å². The minimum atomic E-state index is -0.122. The van der Waals surface area contributed by atoms with Crippen LogP contribution in [0.2, 0.25) is 10.0 Å². The molecule has 2 amide bonds. The Hall–Kier alpha value is -2.67. The molecule has 37 heavy (non-hydrogen) atoms. The molecule has 5 rings (SSSR count). The van der Waals surface area contributed by atoms with E-state index in [-0.39, 0.29) is 11.8 Å². The Morgan fingerprint density at radius 3 is 2.54 bits per heavy atom. The maximum atomic E-state index is 12.9. The summed E-state index contributed by atoms with van der Waals surface area (Å²) in [6.07, 6.45) is 5.33. The molecule has 1 saturated heterocycles. The van der Waals surface area contributed by atoms with Gasteiger partial charge in [-0.15, -0.1) is 11.8 Å². The number of halogens is 2. The number of nitrogens with one attached hydrogen (secondary N) is 2. The molecule has 3 heterocycles. The molecule has 1 aromatic heterocycles. The number of nitrogens with zero attached hydrogens (tertiary/aromatic N) is 1. The van der Waals surface area contributed by atoms with Gasteiger partial charge in [0.15, 0.2) is 0 Å². The highest BCUT2D eigenvalue weighted by Crippen LogP contribution is 2.38. The van der Waals surface area contributed by atoms with Crippen molar-refractivity contribution in [3.63, 3.8) is 0 Å². The number of H-pyrrole nitrogens is 1. The monoisotopic (exact) mass is 553 g/mol. The summed E-state index contributed by atoms with van der Waals surface area (Å²) in [6, 6.07) is 11.5. The highest BCUT2D eigenvalue weighted by atomic mass is 35.5. The lowest BCUT2D eigenvalue weighted by Gasteiger charge is -2.15.